The Morgan fingerprint density at radius 1 is 1.35 bits per heavy atom. The van der Waals surface area contributed by atoms with Gasteiger partial charge in [0.25, 0.3) is 6.43 Å². The molecular formula is C11H21F2N3O4. The third kappa shape index (κ3) is 9.45. The number of nitrogens with two attached hydrogens (primary N) is 1. The molecule has 0 aliphatic carbocycles. The summed E-state index contributed by atoms with van der Waals surface area (Å²) in [7, 11) is 1.50. The molecule has 0 saturated carbocycles. The van der Waals surface area contributed by atoms with E-state index in [0.717, 1.165) is 0 Å². The summed E-state index contributed by atoms with van der Waals surface area (Å²) in [5.74, 6) is -0.253. The first-order valence-corrected chi connectivity index (χ1v) is 6.10. The summed E-state index contributed by atoms with van der Waals surface area (Å²) in [6.07, 6.45) is -2.34. The van der Waals surface area contributed by atoms with Crippen LogP contribution < -0.4 is 5.73 Å². The number of nitrogens with zero attached hydrogens (tertiary/aromatic N) is 2. The van der Waals surface area contributed by atoms with E-state index in [0.29, 0.717) is 13.2 Å². The van der Waals surface area contributed by atoms with Crippen molar-refractivity contribution in [2.75, 3.05) is 40.0 Å². The molecule has 0 radical (unpaired) electrons. The van der Waals surface area contributed by atoms with Crippen molar-refractivity contribution in [3.8, 4) is 0 Å². The number of oxime groups is 1. The van der Waals surface area contributed by atoms with Crippen LogP contribution in [0.3, 0.4) is 0 Å². The van der Waals surface area contributed by atoms with Crippen molar-refractivity contribution in [1.29, 1.82) is 0 Å². The van der Waals surface area contributed by atoms with E-state index >= 15 is 0 Å². The standard InChI is InChI=1S/C11H21F2N3O4/c1-19-7-5-16(4-2-10(14)15-18)11(17)3-6-20-8-9(12)13/h9,18H,2-8H2,1H3,(H2,14,15). The fourth-order valence-electron chi connectivity index (χ4n) is 1.35. The molecule has 0 aromatic heterocycles. The molecule has 0 saturated heterocycles. The largest absolute Gasteiger partial charge is 0.409 e. The van der Waals surface area contributed by atoms with Gasteiger partial charge in [-0.3, -0.25) is 4.79 Å². The average molecular weight is 297 g/mol. The Morgan fingerprint density at radius 3 is 2.60 bits per heavy atom. The van der Waals surface area contributed by atoms with Gasteiger partial charge in [-0.2, -0.15) is 0 Å². The number of methoxy groups -OCH3 is 1. The van der Waals surface area contributed by atoms with Gasteiger partial charge in [-0.15, -0.1) is 0 Å². The molecule has 0 aromatic rings. The molecule has 1 amide bonds. The zero-order valence-electron chi connectivity index (χ0n) is 11.4. The van der Waals surface area contributed by atoms with E-state index < -0.39 is 13.0 Å². The van der Waals surface area contributed by atoms with Crippen LogP contribution in [0.2, 0.25) is 0 Å². The molecule has 20 heavy (non-hydrogen) atoms. The predicted octanol–water partition coefficient (Wildman–Crippen LogP) is 0.270. The van der Waals surface area contributed by atoms with E-state index in [-0.39, 0.29) is 37.7 Å². The van der Waals surface area contributed by atoms with Gasteiger partial charge in [-0.05, 0) is 0 Å². The number of carbonyl (C=O) groups excluding carboxylic acids is 1. The lowest BCUT2D eigenvalue weighted by Crippen LogP contribution is -2.37. The number of amidine groups is 1. The van der Waals surface area contributed by atoms with Crippen LogP contribution in [0.4, 0.5) is 8.78 Å². The SMILES string of the molecule is COCCN(CCC(N)=NO)C(=O)CCOCC(F)F. The maximum Gasteiger partial charge on any atom is 0.261 e. The van der Waals surface area contributed by atoms with Gasteiger partial charge in [0.15, 0.2) is 0 Å². The molecule has 0 heterocycles. The molecule has 0 spiro atoms. The van der Waals surface area contributed by atoms with Crippen molar-refractivity contribution >= 4 is 11.7 Å². The average Bonchev–Trinajstić information content (AvgIpc) is 2.42. The normalized spacial score (nSPS) is 11.9. The Morgan fingerprint density at radius 2 is 2.05 bits per heavy atom. The molecule has 0 aliphatic heterocycles. The molecule has 0 fully saturated rings. The third-order valence-electron chi connectivity index (χ3n) is 2.39. The van der Waals surface area contributed by atoms with Crippen molar-refractivity contribution in [3.63, 3.8) is 0 Å². The van der Waals surface area contributed by atoms with Gasteiger partial charge in [-0.25, -0.2) is 8.78 Å². The molecule has 3 N–H and O–H groups in total. The number of carbonyl (C=O) groups is 1. The quantitative estimate of drug-likeness (QED) is 0.187. The minimum atomic E-state index is -2.55. The fraction of sp³-hybridized carbons (Fsp3) is 0.818. The van der Waals surface area contributed by atoms with Gasteiger partial charge < -0.3 is 25.3 Å². The van der Waals surface area contributed by atoms with E-state index in [1.165, 1.54) is 12.0 Å². The molecule has 7 nitrogen and oxygen atoms in total. The van der Waals surface area contributed by atoms with Gasteiger partial charge >= 0.3 is 0 Å². The number of alkyl halides is 2. The Balaban J connectivity index is 4.12. The highest BCUT2D eigenvalue weighted by molar-refractivity contribution is 5.81. The van der Waals surface area contributed by atoms with Crippen LogP contribution in [0.1, 0.15) is 12.8 Å². The molecule has 0 atom stereocenters. The van der Waals surface area contributed by atoms with E-state index in [4.69, 9.17) is 15.7 Å². The second kappa shape index (κ2) is 11.4. The van der Waals surface area contributed by atoms with Gasteiger partial charge in [0, 0.05) is 26.6 Å². The molecular weight excluding hydrogens is 276 g/mol. The molecule has 0 aliphatic rings. The van der Waals surface area contributed by atoms with E-state index in [1.807, 2.05) is 0 Å². The summed E-state index contributed by atoms with van der Waals surface area (Å²) < 4.78 is 33.2. The first-order valence-electron chi connectivity index (χ1n) is 6.10. The van der Waals surface area contributed by atoms with Gasteiger partial charge in [0.1, 0.15) is 12.4 Å². The number of rotatable bonds is 11. The van der Waals surface area contributed by atoms with E-state index in [1.54, 1.807) is 0 Å². The zero-order chi connectivity index (χ0) is 15.4. The number of amides is 1. The topological polar surface area (TPSA) is 97.4 Å². The molecule has 0 unspecified atom stereocenters. The van der Waals surface area contributed by atoms with Crippen LogP contribution in [-0.2, 0) is 14.3 Å². The van der Waals surface area contributed by atoms with Gasteiger partial charge in [-0.1, -0.05) is 5.16 Å². The molecule has 9 heteroatoms. The Hall–Kier alpha value is -1.48. The van der Waals surface area contributed by atoms with Crippen molar-refractivity contribution in [1.82, 2.24) is 4.90 Å². The lowest BCUT2D eigenvalue weighted by molar-refractivity contribution is -0.133. The van der Waals surface area contributed by atoms with Crippen LogP contribution >= 0.6 is 0 Å². The van der Waals surface area contributed by atoms with Crippen molar-refractivity contribution in [3.05, 3.63) is 0 Å². The Bertz CT molecular complexity index is 303. The Kier molecular flexibility index (Phi) is 10.5. The molecule has 0 rings (SSSR count). The minimum Gasteiger partial charge on any atom is -0.409 e. The van der Waals surface area contributed by atoms with E-state index in [2.05, 4.69) is 9.89 Å². The second-order valence-electron chi connectivity index (χ2n) is 3.93. The third-order valence-corrected chi connectivity index (χ3v) is 2.39. The van der Waals surface area contributed by atoms with Crippen LogP contribution in [0.15, 0.2) is 5.16 Å². The highest BCUT2D eigenvalue weighted by atomic mass is 19.3. The summed E-state index contributed by atoms with van der Waals surface area (Å²) in [4.78, 5) is 13.3. The van der Waals surface area contributed by atoms with Crippen LogP contribution in [-0.4, -0.2) is 68.3 Å². The van der Waals surface area contributed by atoms with Crippen molar-refractivity contribution < 1.29 is 28.3 Å². The lowest BCUT2D eigenvalue weighted by Gasteiger charge is -2.22. The maximum atomic E-state index is 11.9. The summed E-state index contributed by atoms with van der Waals surface area (Å²) in [5.41, 5.74) is 5.33. The first-order chi connectivity index (χ1) is 9.51. The summed E-state index contributed by atoms with van der Waals surface area (Å²) in [6, 6.07) is 0. The molecule has 0 aromatic carbocycles. The predicted molar refractivity (Wildman–Crippen MR) is 67.9 cm³/mol. The maximum absolute atomic E-state index is 11.9. The van der Waals surface area contributed by atoms with Crippen molar-refractivity contribution in [2.24, 2.45) is 10.9 Å². The number of hydrogen-bond acceptors (Lipinski definition) is 5. The summed E-state index contributed by atoms with van der Waals surface area (Å²) in [6.45, 7) is 0.168. The monoisotopic (exact) mass is 297 g/mol. The summed E-state index contributed by atoms with van der Waals surface area (Å²) >= 11 is 0. The molecule has 0 bridgehead atoms. The lowest BCUT2D eigenvalue weighted by atomic mass is 10.3. The van der Waals surface area contributed by atoms with Crippen LogP contribution in [0.25, 0.3) is 0 Å². The van der Waals surface area contributed by atoms with Gasteiger partial charge in [0.05, 0.1) is 19.6 Å². The smallest absolute Gasteiger partial charge is 0.261 e. The fourth-order valence-corrected chi connectivity index (χ4v) is 1.35. The number of ether oxygens (including phenoxy) is 2. The van der Waals surface area contributed by atoms with Gasteiger partial charge in [0.2, 0.25) is 5.91 Å². The number of halogens is 2. The van der Waals surface area contributed by atoms with Crippen molar-refractivity contribution in [2.45, 2.75) is 19.3 Å². The highest BCUT2D eigenvalue weighted by Crippen LogP contribution is 2.00. The highest BCUT2D eigenvalue weighted by Gasteiger charge is 2.14. The van der Waals surface area contributed by atoms with Crippen LogP contribution in [0.5, 0.6) is 0 Å². The zero-order valence-corrected chi connectivity index (χ0v) is 11.4. The summed E-state index contributed by atoms with van der Waals surface area (Å²) in [5, 5.41) is 11.2. The van der Waals surface area contributed by atoms with E-state index in [9.17, 15) is 13.6 Å². The first kappa shape index (κ1) is 18.5. The second-order valence-corrected chi connectivity index (χ2v) is 3.93. The number of hydrogen-bond donors (Lipinski definition) is 2. The Labute approximate surface area is 116 Å². The van der Waals surface area contributed by atoms with Crippen LogP contribution in [0, 0.1) is 0 Å². The minimum absolute atomic E-state index is 0.00733. The molecule has 118 valence electrons.